The van der Waals surface area contributed by atoms with E-state index in [1.54, 1.807) is 29.2 Å². The lowest BCUT2D eigenvalue weighted by Gasteiger charge is -2.32. The average Bonchev–Trinajstić information content (AvgIpc) is 3.39. The Balaban J connectivity index is 1.45. The number of aromatic nitrogens is 4. The van der Waals surface area contributed by atoms with Crippen LogP contribution in [0.5, 0.6) is 0 Å². The number of fused-ring (bicyclic) bond motifs is 1. The minimum atomic E-state index is -4.93. The molecule has 1 aliphatic rings. The number of pyridine rings is 2. The second-order valence-corrected chi connectivity index (χ2v) is 8.95. The van der Waals surface area contributed by atoms with E-state index in [-0.39, 0.29) is 22.8 Å². The highest BCUT2D eigenvalue weighted by molar-refractivity contribution is 6.06. The Hall–Kier alpha value is -4.83. The summed E-state index contributed by atoms with van der Waals surface area (Å²) in [5, 5.41) is 7.30. The summed E-state index contributed by atoms with van der Waals surface area (Å²) in [7, 11) is 1.94. The van der Waals surface area contributed by atoms with E-state index in [2.05, 4.69) is 30.1 Å². The highest BCUT2D eigenvalue weighted by atomic mass is 19.4. The summed E-state index contributed by atoms with van der Waals surface area (Å²) >= 11 is 0. The number of nitrogens with zero attached hydrogens (tertiary/aromatic N) is 7. The number of anilines is 1. The topological polar surface area (TPSA) is 101 Å². The Morgan fingerprint density at radius 3 is 2.51 bits per heavy atom. The average molecular weight is 535 g/mol. The van der Waals surface area contributed by atoms with Gasteiger partial charge in [0.1, 0.15) is 5.69 Å². The minimum absolute atomic E-state index is 0.0337. The van der Waals surface area contributed by atoms with Gasteiger partial charge in [-0.25, -0.2) is 9.53 Å². The fourth-order valence-corrected chi connectivity index (χ4v) is 4.37. The Morgan fingerprint density at radius 2 is 1.79 bits per heavy atom. The third kappa shape index (κ3) is 5.01. The second kappa shape index (κ2) is 10.1. The zero-order valence-corrected chi connectivity index (χ0v) is 20.6. The highest BCUT2D eigenvalue weighted by Gasteiger charge is 2.41. The van der Waals surface area contributed by atoms with Crippen molar-refractivity contribution in [1.82, 2.24) is 29.5 Å². The quantitative estimate of drug-likeness (QED) is 0.397. The van der Waals surface area contributed by atoms with E-state index in [1.807, 2.05) is 7.05 Å². The van der Waals surface area contributed by atoms with Crippen molar-refractivity contribution in [2.75, 3.05) is 38.5 Å². The van der Waals surface area contributed by atoms with Gasteiger partial charge in [0.15, 0.2) is 5.69 Å². The molecule has 2 amide bonds. The fraction of sp³-hybridized carbons (Fsp3) is 0.231. The number of carbonyl (C=O) groups excluding carboxylic acids is 2. The number of halogens is 3. The second-order valence-electron chi connectivity index (χ2n) is 8.95. The maximum Gasteiger partial charge on any atom is 0.434 e. The monoisotopic (exact) mass is 534 g/mol. The summed E-state index contributed by atoms with van der Waals surface area (Å²) in [5.74, 6) is -1.52. The fourth-order valence-electron chi connectivity index (χ4n) is 4.37. The summed E-state index contributed by atoms with van der Waals surface area (Å²) in [5.41, 5.74) is -2.18. The standard InChI is InChI=1S/C26H21F3N8O2/c1-30-20-11-17(13-32-22(20)25(39)36-9-7-35(2)8-10-36)34-24(38)19-14-33-37(23(19)26(27,28)29)21-15-31-12-16-5-3-4-6-18(16)21/h3-6,11-15H,7-10H2,2H3,(H,34,38). The lowest BCUT2D eigenvalue weighted by molar-refractivity contribution is -0.143. The molecule has 0 aliphatic carbocycles. The van der Waals surface area contributed by atoms with Crippen molar-refractivity contribution in [2.24, 2.45) is 0 Å². The van der Waals surface area contributed by atoms with Crippen LogP contribution in [0.1, 0.15) is 26.5 Å². The van der Waals surface area contributed by atoms with Gasteiger partial charge >= 0.3 is 6.18 Å². The van der Waals surface area contributed by atoms with Crippen molar-refractivity contribution in [3.05, 3.63) is 83.5 Å². The molecule has 1 aliphatic heterocycles. The summed E-state index contributed by atoms with van der Waals surface area (Å²) in [6.45, 7) is 9.78. The molecule has 1 aromatic carbocycles. The van der Waals surface area contributed by atoms with Crippen LogP contribution in [0.25, 0.3) is 21.3 Å². The van der Waals surface area contributed by atoms with E-state index < -0.39 is 29.2 Å². The molecule has 13 heteroatoms. The van der Waals surface area contributed by atoms with Gasteiger partial charge < -0.3 is 15.1 Å². The van der Waals surface area contributed by atoms with Crippen molar-refractivity contribution in [3.8, 4) is 5.69 Å². The lowest BCUT2D eigenvalue weighted by atomic mass is 10.1. The van der Waals surface area contributed by atoms with Gasteiger partial charge in [-0.2, -0.15) is 18.3 Å². The van der Waals surface area contributed by atoms with E-state index in [0.29, 0.717) is 41.6 Å². The Labute approximate surface area is 220 Å². The van der Waals surface area contributed by atoms with Gasteiger partial charge in [-0.3, -0.25) is 19.6 Å². The van der Waals surface area contributed by atoms with E-state index in [0.717, 1.165) is 12.4 Å². The molecule has 0 radical (unpaired) electrons. The maximum absolute atomic E-state index is 14.2. The summed E-state index contributed by atoms with van der Waals surface area (Å²) in [6, 6.07) is 7.96. The van der Waals surface area contributed by atoms with Crippen molar-refractivity contribution in [3.63, 3.8) is 0 Å². The molecular formula is C26H21F3N8O2. The predicted molar refractivity (Wildman–Crippen MR) is 136 cm³/mol. The van der Waals surface area contributed by atoms with Crippen LogP contribution in [0.4, 0.5) is 24.5 Å². The Morgan fingerprint density at radius 1 is 1.05 bits per heavy atom. The largest absolute Gasteiger partial charge is 0.434 e. The normalized spacial score (nSPS) is 14.3. The number of piperazine rings is 1. The molecule has 1 fully saturated rings. The van der Waals surface area contributed by atoms with Crippen LogP contribution in [0.15, 0.2) is 55.1 Å². The molecule has 10 nitrogen and oxygen atoms in total. The van der Waals surface area contributed by atoms with Crippen LogP contribution >= 0.6 is 0 Å². The number of hydrogen-bond donors (Lipinski definition) is 1. The molecule has 4 aromatic rings. The van der Waals surface area contributed by atoms with E-state index >= 15 is 0 Å². The third-order valence-electron chi connectivity index (χ3n) is 6.40. The van der Waals surface area contributed by atoms with Gasteiger partial charge in [-0.15, -0.1) is 0 Å². The van der Waals surface area contributed by atoms with Gasteiger partial charge in [0, 0.05) is 55.0 Å². The van der Waals surface area contributed by atoms with E-state index in [1.165, 1.54) is 18.5 Å². The summed E-state index contributed by atoms with van der Waals surface area (Å²) in [4.78, 5) is 41.0. The smallest absolute Gasteiger partial charge is 0.336 e. The van der Waals surface area contributed by atoms with Gasteiger partial charge in [0.2, 0.25) is 5.69 Å². The summed E-state index contributed by atoms with van der Waals surface area (Å²) < 4.78 is 43.3. The molecule has 1 N–H and O–H groups in total. The van der Waals surface area contributed by atoms with Crippen molar-refractivity contribution >= 4 is 34.0 Å². The lowest BCUT2D eigenvalue weighted by Crippen LogP contribution is -2.47. The van der Waals surface area contributed by atoms with Crippen LogP contribution in [-0.4, -0.2) is 74.6 Å². The number of amides is 2. The number of alkyl halides is 3. The van der Waals surface area contributed by atoms with Gasteiger partial charge in [-0.05, 0) is 13.1 Å². The molecule has 0 spiro atoms. The van der Waals surface area contributed by atoms with E-state index in [9.17, 15) is 22.8 Å². The molecule has 1 saturated heterocycles. The molecule has 0 atom stereocenters. The van der Waals surface area contributed by atoms with Crippen molar-refractivity contribution in [1.29, 1.82) is 0 Å². The van der Waals surface area contributed by atoms with Crippen LogP contribution in [0, 0.1) is 6.57 Å². The maximum atomic E-state index is 14.2. The molecule has 3 aromatic heterocycles. The number of hydrogen-bond acceptors (Lipinski definition) is 6. The molecule has 198 valence electrons. The first-order chi connectivity index (χ1) is 18.7. The molecule has 39 heavy (non-hydrogen) atoms. The number of nitrogens with one attached hydrogen (secondary N) is 1. The van der Waals surface area contributed by atoms with Crippen LogP contribution in [-0.2, 0) is 6.18 Å². The first-order valence-electron chi connectivity index (χ1n) is 11.8. The van der Waals surface area contributed by atoms with Gasteiger partial charge in [0.05, 0.1) is 30.2 Å². The highest BCUT2D eigenvalue weighted by Crippen LogP contribution is 2.35. The number of rotatable bonds is 4. The number of benzene rings is 1. The predicted octanol–water partition coefficient (Wildman–Crippen LogP) is 4.02. The zero-order valence-electron chi connectivity index (χ0n) is 20.6. The van der Waals surface area contributed by atoms with Crippen LogP contribution in [0.2, 0.25) is 0 Å². The first-order valence-corrected chi connectivity index (χ1v) is 11.8. The Bertz CT molecular complexity index is 1610. The van der Waals surface area contributed by atoms with Crippen molar-refractivity contribution < 1.29 is 22.8 Å². The van der Waals surface area contributed by atoms with Crippen molar-refractivity contribution in [2.45, 2.75) is 6.18 Å². The van der Waals surface area contributed by atoms with Crippen LogP contribution in [0.3, 0.4) is 0 Å². The van der Waals surface area contributed by atoms with Gasteiger partial charge in [0.25, 0.3) is 11.8 Å². The third-order valence-corrected chi connectivity index (χ3v) is 6.40. The molecule has 0 saturated carbocycles. The number of carbonyl (C=O) groups is 2. The summed E-state index contributed by atoms with van der Waals surface area (Å²) in [6.07, 6.45) is -0.201. The molecular weight excluding hydrogens is 513 g/mol. The molecule has 4 heterocycles. The molecule has 5 rings (SSSR count). The molecule has 0 unspecified atom stereocenters. The first kappa shape index (κ1) is 25.8. The SMILES string of the molecule is [C-]#[N+]c1cc(NC(=O)c2cnn(-c3cncc4ccccc34)c2C(F)(F)F)cnc1C(=O)N1CCN(C)CC1. The minimum Gasteiger partial charge on any atom is -0.336 e. The van der Waals surface area contributed by atoms with Crippen LogP contribution < -0.4 is 5.32 Å². The van der Waals surface area contributed by atoms with E-state index in [4.69, 9.17) is 6.57 Å². The molecule has 0 bridgehead atoms. The Kier molecular flexibility index (Phi) is 6.71. The van der Waals surface area contributed by atoms with Gasteiger partial charge in [-0.1, -0.05) is 24.3 Å². The number of likely N-dealkylation sites (N-methyl/N-ethyl adjacent to an activating group) is 1. The zero-order chi connectivity index (χ0) is 27.7.